The van der Waals surface area contributed by atoms with Crippen LogP contribution in [-0.2, 0) is 14.2 Å². The Kier molecular flexibility index (Phi) is 8.74. The van der Waals surface area contributed by atoms with Gasteiger partial charge in [0.25, 0.3) is 5.95 Å². The van der Waals surface area contributed by atoms with Crippen molar-refractivity contribution in [2.75, 3.05) is 19.8 Å². The van der Waals surface area contributed by atoms with Crippen LogP contribution in [0.5, 0.6) is 5.95 Å². The fourth-order valence-corrected chi connectivity index (χ4v) is 8.78. The smallest absolute Gasteiger partial charge is 0.289 e. The molecule has 2 saturated heterocycles. The minimum Gasteiger partial charge on any atom is -0.480 e. The first-order valence-corrected chi connectivity index (χ1v) is 16.6. The number of nitrogens with zero attached hydrogens (tertiary/aromatic N) is 2. The van der Waals surface area contributed by atoms with E-state index >= 15 is 0 Å². The maximum absolute atomic E-state index is 10.9. The standard InChI is InChI=1S/C36H44N2O10/c1-34-11-10-27(48-33-30(43)29(42)28(41)24(17-39)47-33)35(2,18-40)25(34)9-12-36(19-45-36)26(34)8-7-22-16-23(46-32(22)44)15-20-3-5-21(6-4-20)31-37-13-14-38-31/h3-8,13-16,24-30,33,39-44H,9-12,17-19H2,1-2H3/t24?,25?,26?,27-,28?,29?,30?,33?,34+,35+,36?/m1/s1. The van der Waals surface area contributed by atoms with Crippen LogP contribution in [-0.4, -0.2) is 105 Å². The number of benzene rings is 1. The lowest BCUT2D eigenvalue weighted by Crippen LogP contribution is -2.64. The number of aliphatic hydroxyl groups excluding tert-OH is 5. The number of aromatic hydroxyl groups is 1. The SMILES string of the molecule is C[C@]12CC[C@@H](OC3OC(CO)C(O)C(O)C3O)[C@@](C)(CO)C1CCC1(CO1)C2C=Cc1cc(C=c2ccc(=C3N=CC=N3)cc2)oc1O. The molecule has 11 atom stereocenters. The molecule has 48 heavy (non-hydrogen) atoms. The number of epoxide rings is 1. The van der Waals surface area contributed by atoms with Crippen LogP contribution in [0.1, 0.15) is 50.9 Å². The normalized spacial score (nSPS) is 40.5. The molecule has 0 radical (unpaired) electrons. The third kappa shape index (κ3) is 5.67. The molecule has 1 aromatic heterocycles. The van der Waals surface area contributed by atoms with Crippen molar-refractivity contribution in [2.24, 2.45) is 32.7 Å². The van der Waals surface area contributed by atoms with E-state index in [0.717, 1.165) is 29.7 Å². The summed E-state index contributed by atoms with van der Waals surface area (Å²) in [5.41, 5.74) is -0.822. The highest BCUT2D eigenvalue weighted by Gasteiger charge is 2.67. The highest BCUT2D eigenvalue weighted by atomic mass is 16.7. The summed E-state index contributed by atoms with van der Waals surface area (Å²) in [6, 6.07) is 9.54. The number of ether oxygens (including phenoxy) is 3. The fourth-order valence-electron chi connectivity index (χ4n) is 8.78. The van der Waals surface area contributed by atoms with Crippen LogP contribution in [0.2, 0.25) is 0 Å². The number of aliphatic imine (C=N–C) groups is 2. The third-order valence-electron chi connectivity index (χ3n) is 11.6. The molecular weight excluding hydrogens is 620 g/mol. The van der Waals surface area contributed by atoms with Gasteiger partial charge < -0.3 is 49.3 Å². The largest absolute Gasteiger partial charge is 0.480 e. The Morgan fingerprint density at radius 2 is 1.71 bits per heavy atom. The molecule has 0 bridgehead atoms. The highest BCUT2D eigenvalue weighted by molar-refractivity contribution is 6.20. The van der Waals surface area contributed by atoms with Crippen molar-refractivity contribution in [2.45, 2.75) is 81.9 Å². The molecule has 8 unspecified atom stereocenters. The van der Waals surface area contributed by atoms with E-state index in [-0.39, 0.29) is 35.4 Å². The molecule has 7 rings (SSSR count). The van der Waals surface area contributed by atoms with E-state index in [0.29, 0.717) is 30.2 Å². The van der Waals surface area contributed by atoms with Crippen LogP contribution in [0.3, 0.4) is 0 Å². The summed E-state index contributed by atoms with van der Waals surface area (Å²) in [5, 5.41) is 64.3. The van der Waals surface area contributed by atoms with E-state index in [1.807, 2.05) is 43.3 Å². The molecule has 12 nitrogen and oxygen atoms in total. The monoisotopic (exact) mass is 664 g/mol. The van der Waals surface area contributed by atoms with E-state index < -0.39 is 48.8 Å². The van der Waals surface area contributed by atoms with E-state index in [4.69, 9.17) is 18.6 Å². The van der Waals surface area contributed by atoms with Crippen LogP contribution in [0.25, 0.3) is 18.0 Å². The maximum atomic E-state index is 10.9. The summed E-state index contributed by atoms with van der Waals surface area (Å²) in [6.45, 7) is 4.12. The van der Waals surface area contributed by atoms with Crippen LogP contribution in [0, 0.1) is 22.7 Å². The number of fused-ring (bicyclic) bond motifs is 1. The average Bonchev–Trinajstić information content (AvgIpc) is 3.45. The Balaban J connectivity index is 1.12. The lowest BCUT2D eigenvalue weighted by Gasteiger charge is -2.61. The summed E-state index contributed by atoms with van der Waals surface area (Å²) >= 11 is 0. The van der Waals surface area contributed by atoms with Gasteiger partial charge in [-0.3, -0.25) is 0 Å². The van der Waals surface area contributed by atoms with Crippen molar-refractivity contribution >= 4 is 30.4 Å². The van der Waals surface area contributed by atoms with Gasteiger partial charge in [-0.25, -0.2) is 9.98 Å². The van der Waals surface area contributed by atoms with Crippen molar-refractivity contribution in [1.82, 2.24) is 0 Å². The molecule has 4 heterocycles. The zero-order chi connectivity index (χ0) is 33.8. The molecule has 1 spiro atoms. The molecular formula is C36H44N2O10. The second kappa shape index (κ2) is 12.6. The number of hydrogen-bond donors (Lipinski definition) is 6. The molecule has 4 fully saturated rings. The molecule has 5 aliphatic rings. The van der Waals surface area contributed by atoms with Crippen molar-refractivity contribution in [3.8, 4) is 5.95 Å². The van der Waals surface area contributed by atoms with Gasteiger partial charge in [-0.1, -0.05) is 50.3 Å². The highest BCUT2D eigenvalue weighted by Crippen LogP contribution is 2.66. The minimum atomic E-state index is -1.55. The van der Waals surface area contributed by atoms with E-state index in [1.165, 1.54) is 0 Å². The van der Waals surface area contributed by atoms with Gasteiger partial charge in [0, 0.05) is 29.0 Å². The topological polar surface area (TPSA) is 190 Å². The lowest BCUT2D eigenvalue weighted by molar-refractivity contribution is -0.330. The Bertz CT molecular complexity index is 1690. The fraction of sp³-hybridized carbons (Fsp3) is 0.556. The van der Waals surface area contributed by atoms with Gasteiger partial charge in [-0.2, -0.15) is 0 Å². The van der Waals surface area contributed by atoms with Gasteiger partial charge in [-0.15, -0.1) is 0 Å². The van der Waals surface area contributed by atoms with Crippen LogP contribution in [0.4, 0.5) is 0 Å². The first-order chi connectivity index (χ1) is 23.0. The van der Waals surface area contributed by atoms with Gasteiger partial charge in [0.2, 0.25) is 0 Å². The molecule has 12 heteroatoms. The average molecular weight is 665 g/mol. The Labute approximate surface area is 278 Å². The molecule has 1 aromatic carbocycles. The molecule has 0 amide bonds. The summed E-state index contributed by atoms with van der Waals surface area (Å²) < 4.78 is 23.8. The number of aliphatic hydroxyl groups is 5. The first-order valence-electron chi connectivity index (χ1n) is 16.6. The van der Waals surface area contributed by atoms with Crippen LogP contribution < -0.4 is 10.4 Å². The molecule has 2 aromatic rings. The van der Waals surface area contributed by atoms with Crippen molar-refractivity contribution in [3.63, 3.8) is 0 Å². The molecule has 6 N–H and O–H groups in total. The third-order valence-corrected chi connectivity index (χ3v) is 11.6. The van der Waals surface area contributed by atoms with Crippen molar-refractivity contribution in [1.29, 1.82) is 0 Å². The zero-order valence-electron chi connectivity index (χ0n) is 27.1. The lowest BCUT2D eigenvalue weighted by atomic mass is 9.45. The summed E-state index contributed by atoms with van der Waals surface area (Å²) in [6.07, 6.45) is 4.55. The van der Waals surface area contributed by atoms with E-state index in [2.05, 4.69) is 23.0 Å². The van der Waals surface area contributed by atoms with Gasteiger partial charge in [0.05, 0.1) is 37.1 Å². The summed E-state index contributed by atoms with van der Waals surface area (Å²) in [5.74, 6) is 0.949. The van der Waals surface area contributed by atoms with Crippen molar-refractivity contribution in [3.05, 3.63) is 58.2 Å². The number of hydrogen-bond acceptors (Lipinski definition) is 12. The second-order valence-electron chi connectivity index (χ2n) is 14.4. The second-order valence-corrected chi connectivity index (χ2v) is 14.4. The Morgan fingerprint density at radius 3 is 2.38 bits per heavy atom. The van der Waals surface area contributed by atoms with Gasteiger partial charge in [-0.05, 0) is 54.4 Å². The number of furan rings is 1. The van der Waals surface area contributed by atoms with Gasteiger partial charge >= 0.3 is 0 Å². The van der Waals surface area contributed by atoms with Crippen molar-refractivity contribution < 1.29 is 49.3 Å². The first kappa shape index (κ1) is 33.3. The van der Waals surface area contributed by atoms with E-state index in [9.17, 15) is 30.6 Å². The Hall–Kier alpha value is -3.20. The summed E-state index contributed by atoms with van der Waals surface area (Å²) in [7, 11) is 0. The molecule has 258 valence electrons. The number of rotatable bonds is 7. The maximum Gasteiger partial charge on any atom is 0.289 e. The molecule has 2 saturated carbocycles. The predicted molar refractivity (Wildman–Crippen MR) is 175 cm³/mol. The molecule has 3 aliphatic heterocycles. The van der Waals surface area contributed by atoms with Crippen LogP contribution >= 0.6 is 0 Å². The predicted octanol–water partition coefficient (Wildman–Crippen LogP) is 0.827. The zero-order valence-corrected chi connectivity index (χ0v) is 27.1. The molecule has 2 aliphatic carbocycles. The minimum absolute atomic E-state index is 0.00768. The van der Waals surface area contributed by atoms with Gasteiger partial charge in [0.15, 0.2) is 12.1 Å². The van der Waals surface area contributed by atoms with Gasteiger partial charge in [0.1, 0.15) is 30.2 Å². The Morgan fingerprint density at radius 1 is 0.979 bits per heavy atom. The quantitative estimate of drug-likeness (QED) is 0.183. The van der Waals surface area contributed by atoms with Crippen LogP contribution in [0.15, 0.2) is 50.8 Å². The van der Waals surface area contributed by atoms with E-state index in [1.54, 1.807) is 18.5 Å². The summed E-state index contributed by atoms with van der Waals surface area (Å²) in [4.78, 5) is 8.45.